The van der Waals surface area contributed by atoms with Gasteiger partial charge >= 0.3 is 0 Å². The summed E-state index contributed by atoms with van der Waals surface area (Å²) in [5.41, 5.74) is 9.74. The lowest BCUT2D eigenvalue weighted by molar-refractivity contribution is 0.182. The van der Waals surface area contributed by atoms with Crippen LogP contribution in [-0.2, 0) is 11.3 Å². The summed E-state index contributed by atoms with van der Waals surface area (Å²) in [6.45, 7) is 4.91. The molecule has 2 rings (SSSR count). The lowest BCUT2D eigenvalue weighted by Gasteiger charge is -2.09. The van der Waals surface area contributed by atoms with Gasteiger partial charge < -0.3 is 10.5 Å². The molecular weight excluding hydrogens is 254 g/mol. The Labute approximate surface area is 118 Å². The van der Waals surface area contributed by atoms with E-state index >= 15 is 0 Å². The molecule has 0 bridgehead atoms. The topological polar surface area (TPSA) is 70.1 Å². The molecule has 0 saturated carbocycles. The van der Waals surface area contributed by atoms with Gasteiger partial charge in [-0.05, 0) is 37.1 Å². The predicted octanol–water partition coefficient (Wildman–Crippen LogP) is 1.76. The molecular formula is C15H19N3O2. The third-order valence-electron chi connectivity index (χ3n) is 3.31. The number of aryl methyl sites for hydroxylation is 2. The Morgan fingerprint density at radius 2 is 2.00 bits per heavy atom. The molecule has 0 aliphatic heterocycles. The van der Waals surface area contributed by atoms with Gasteiger partial charge in [0.2, 0.25) is 0 Å². The third-order valence-corrected chi connectivity index (χ3v) is 3.31. The first kappa shape index (κ1) is 14.3. The van der Waals surface area contributed by atoms with Crippen molar-refractivity contribution in [2.24, 2.45) is 0 Å². The largest absolute Gasteiger partial charge is 0.394 e. The maximum absolute atomic E-state index is 11.9. The van der Waals surface area contributed by atoms with Crippen LogP contribution in [0.3, 0.4) is 0 Å². The molecule has 0 spiro atoms. The number of aromatic nitrogens is 2. The molecule has 0 fully saturated rings. The van der Waals surface area contributed by atoms with Crippen molar-refractivity contribution in [2.45, 2.75) is 20.4 Å². The second-order valence-electron chi connectivity index (χ2n) is 4.81. The number of nitrogens with two attached hydrogens (primary N) is 1. The summed E-state index contributed by atoms with van der Waals surface area (Å²) in [5, 5.41) is 4.36. The van der Waals surface area contributed by atoms with Gasteiger partial charge in [0.25, 0.3) is 5.56 Å². The summed E-state index contributed by atoms with van der Waals surface area (Å²) in [4.78, 5) is 11.9. The van der Waals surface area contributed by atoms with Crippen LogP contribution in [0.1, 0.15) is 11.1 Å². The lowest BCUT2D eigenvalue weighted by atomic mass is 10.0. The van der Waals surface area contributed by atoms with E-state index in [2.05, 4.69) is 12.0 Å². The zero-order valence-electron chi connectivity index (χ0n) is 12.0. The molecule has 1 heterocycles. The van der Waals surface area contributed by atoms with E-state index in [1.165, 1.54) is 15.8 Å². The van der Waals surface area contributed by atoms with Crippen LogP contribution in [0.15, 0.2) is 29.1 Å². The van der Waals surface area contributed by atoms with Crippen molar-refractivity contribution in [1.29, 1.82) is 0 Å². The van der Waals surface area contributed by atoms with Crippen molar-refractivity contribution >= 4 is 5.69 Å². The number of rotatable bonds is 4. The molecule has 5 nitrogen and oxygen atoms in total. The summed E-state index contributed by atoms with van der Waals surface area (Å²) in [7, 11) is 1.58. The fraction of sp³-hybridized carbons (Fsp3) is 0.333. The van der Waals surface area contributed by atoms with E-state index < -0.39 is 0 Å². The molecule has 0 saturated heterocycles. The highest BCUT2D eigenvalue weighted by molar-refractivity contribution is 5.63. The molecule has 0 atom stereocenters. The lowest BCUT2D eigenvalue weighted by Crippen LogP contribution is -2.27. The van der Waals surface area contributed by atoms with E-state index in [0.29, 0.717) is 18.8 Å². The summed E-state index contributed by atoms with van der Waals surface area (Å²) < 4.78 is 6.33. The average Bonchev–Trinajstić information content (AvgIpc) is 2.43. The maximum atomic E-state index is 11.9. The normalized spacial score (nSPS) is 10.8. The summed E-state index contributed by atoms with van der Waals surface area (Å²) in [6, 6.07) is 7.68. The van der Waals surface area contributed by atoms with Gasteiger partial charge in [-0.1, -0.05) is 12.1 Å². The molecule has 0 aliphatic rings. The number of hydrogen-bond donors (Lipinski definition) is 1. The highest BCUT2D eigenvalue weighted by atomic mass is 16.5. The van der Waals surface area contributed by atoms with Crippen LogP contribution in [0.5, 0.6) is 0 Å². The average molecular weight is 273 g/mol. The van der Waals surface area contributed by atoms with Crippen LogP contribution in [0.4, 0.5) is 5.69 Å². The second-order valence-corrected chi connectivity index (χ2v) is 4.81. The van der Waals surface area contributed by atoms with Gasteiger partial charge in [-0.25, -0.2) is 4.68 Å². The minimum Gasteiger partial charge on any atom is -0.394 e. The zero-order chi connectivity index (χ0) is 14.7. The Bertz CT molecular complexity index is 677. The van der Waals surface area contributed by atoms with E-state index in [4.69, 9.17) is 10.5 Å². The molecule has 0 unspecified atom stereocenters. The summed E-state index contributed by atoms with van der Waals surface area (Å²) >= 11 is 0. The first-order chi connectivity index (χ1) is 9.52. The standard InChI is InChI=1S/C15H19N3O2/c1-10-4-5-12(8-11(10)2)14-9-13(16)15(19)18(17-14)6-7-20-3/h4-5,8-9H,6-7,16H2,1-3H3. The van der Waals surface area contributed by atoms with Crippen LogP contribution in [-0.4, -0.2) is 23.5 Å². The van der Waals surface area contributed by atoms with E-state index in [1.54, 1.807) is 13.2 Å². The van der Waals surface area contributed by atoms with Gasteiger partial charge in [0, 0.05) is 12.7 Å². The molecule has 5 heteroatoms. The van der Waals surface area contributed by atoms with Crippen LogP contribution in [0, 0.1) is 13.8 Å². The number of ether oxygens (including phenoxy) is 1. The maximum Gasteiger partial charge on any atom is 0.289 e. The summed E-state index contributed by atoms with van der Waals surface area (Å²) in [5.74, 6) is 0. The smallest absolute Gasteiger partial charge is 0.289 e. The molecule has 0 radical (unpaired) electrons. The van der Waals surface area contributed by atoms with Crippen molar-refractivity contribution in [3.63, 3.8) is 0 Å². The first-order valence-corrected chi connectivity index (χ1v) is 6.47. The van der Waals surface area contributed by atoms with Crippen LogP contribution in [0.2, 0.25) is 0 Å². The molecule has 1 aromatic carbocycles. The fourth-order valence-corrected chi connectivity index (χ4v) is 1.93. The van der Waals surface area contributed by atoms with Crippen molar-refractivity contribution in [3.05, 3.63) is 45.7 Å². The van der Waals surface area contributed by atoms with Gasteiger partial charge in [-0.15, -0.1) is 0 Å². The van der Waals surface area contributed by atoms with Crippen molar-refractivity contribution < 1.29 is 4.74 Å². The Hall–Kier alpha value is -2.14. The monoisotopic (exact) mass is 273 g/mol. The minimum absolute atomic E-state index is 0.198. The Morgan fingerprint density at radius 1 is 1.25 bits per heavy atom. The molecule has 1 aromatic heterocycles. The van der Waals surface area contributed by atoms with E-state index in [0.717, 1.165) is 5.56 Å². The predicted molar refractivity (Wildman–Crippen MR) is 79.7 cm³/mol. The first-order valence-electron chi connectivity index (χ1n) is 6.47. The number of anilines is 1. The molecule has 20 heavy (non-hydrogen) atoms. The fourth-order valence-electron chi connectivity index (χ4n) is 1.93. The number of benzene rings is 1. The van der Waals surface area contributed by atoms with E-state index in [-0.39, 0.29) is 11.2 Å². The van der Waals surface area contributed by atoms with Gasteiger partial charge in [0.05, 0.1) is 18.8 Å². The van der Waals surface area contributed by atoms with Gasteiger partial charge in [0.1, 0.15) is 5.69 Å². The quantitative estimate of drug-likeness (QED) is 0.921. The second kappa shape index (κ2) is 5.88. The highest BCUT2D eigenvalue weighted by Gasteiger charge is 2.08. The molecule has 0 amide bonds. The molecule has 106 valence electrons. The van der Waals surface area contributed by atoms with E-state index in [1.807, 2.05) is 25.1 Å². The molecule has 2 aromatic rings. The van der Waals surface area contributed by atoms with Crippen molar-refractivity contribution in [2.75, 3.05) is 19.5 Å². The van der Waals surface area contributed by atoms with Crippen LogP contribution < -0.4 is 11.3 Å². The Kier molecular flexibility index (Phi) is 4.20. The van der Waals surface area contributed by atoms with Crippen LogP contribution >= 0.6 is 0 Å². The van der Waals surface area contributed by atoms with Gasteiger partial charge in [0.15, 0.2) is 0 Å². The Balaban J connectivity index is 2.48. The zero-order valence-corrected chi connectivity index (χ0v) is 12.0. The molecule has 0 aliphatic carbocycles. The third kappa shape index (κ3) is 2.88. The summed E-state index contributed by atoms with van der Waals surface area (Å²) in [6.07, 6.45) is 0. The number of hydrogen-bond acceptors (Lipinski definition) is 4. The Morgan fingerprint density at radius 3 is 2.65 bits per heavy atom. The number of nitrogens with zero attached hydrogens (tertiary/aromatic N) is 2. The minimum atomic E-state index is -0.283. The van der Waals surface area contributed by atoms with Crippen molar-refractivity contribution in [3.8, 4) is 11.3 Å². The van der Waals surface area contributed by atoms with Gasteiger partial charge in [-0.2, -0.15) is 5.10 Å². The number of methoxy groups -OCH3 is 1. The van der Waals surface area contributed by atoms with Crippen LogP contribution in [0.25, 0.3) is 11.3 Å². The van der Waals surface area contributed by atoms with E-state index in [9.17, 15) is 4.79 Å². The number of nitrogen functional groups attached to an aromatic ring is 1. The molecule has 2 N–H and O–H groups in total. The van der Waals surface area contributed by atoms with Crippen molar-refractivity contribution in [1.82, 2.24) is 9.78 Å². The SMILES string of the molecule is COCCn1nc(-c2ccc(C)c(C)c2)cc(N)c1=O. The van der Waals surface area contributed by atoms with Gasteiger partial charge in [-0.3, -0.25) is 4.79 Å². The highest BCUT2D eigenvalue weighted by Crippen LogP contribution is 2.20.